The maximum absolute atomic E-state index is 13.5. The van der Waals surface area contributed by atoms with E-state index < -0.39 is 23.0 Å². The number of hydrogen-bond acceptors (Lipinski definition) is 3. The van der Waals surface area contributed by atoms with Crippen LogP contribution in [0, 0.1) is 11.6 Å². The van der Waals surface area contributed by atoms with Crippen LogP contribution in [0.15, 0.2) is 23.0 Å². The van der Waals surface area contributed by atoms with E-state index in [9.17, 15) is 18.4 Å². The van der Waals surface area contributed by atoms with E-state index in [4.69, 9.17) is 0 Å². The number of esters is 1. The molecule has 1 heterocycles. The fourth-order valence-electron chi connectivity index (χ4n) is 1.59. The molecule has 0 saturated carbocycles. The van der Waals surface area contributed by atoms with Crippen LogP contribution < -0.4 is 5.43 Å². The van der Waals surface area contributed by atoms with Crippen LogP contribution in [0.25, 0.3) is 10.9 Å². The number of halogens is 2. The van der Waals surface area contributed by atoms with Crippen molar-refractivity contribution >= 4 is 16.9 Å². The smallest absolute Gasteiger partial charge is 0.354 e. The number of aromatic nitrogens is 1. The van der Waals surface area contributed by atoms with E-state index in [-0.39, 0.29) is 23.2 Å². The SMILES string of the molecule is CCOC(=O)c1cc(=O)c2cc(F)cc(F)c2[nH]1. The minimum Gasteiger partial charge on any atom is -0.461 e. The highest BCUT2D eigenvalue weighted by Gasteiger charge is 2.13. The van der Waals surface area contributed by atoms with E-state index in [1.165, 1.54) is 0 Å². The first-order valence-electron chi connectivity index (χ1n) is 5.22. The van der Waals surface area contributed by atoms with Gasteiger partial charge in [0, 0.05) is 12.1 Å². The molecule has 0 radical (unpaired) electrons. The summed E-state index contributed by atoms with van der Waals surface area (Å²) in [5.74, 6) is -2.55. The molecule has 0 aliphatic carbocycles. The number of H-pyrrole nitrogens is 1. The molecule has 2 aromatic rings. The molecule has 1 N–H and O–H groups in total. The summed E-state index contributed by atoms with van der Waals surface area (Å²) in [5.41, 5.74) is -1.03. The quantitative estimate of drug-likeness (QED) is 0.832. The van der Waals surface area contributed by atoms with Gasteiger partial charge in [0.15, 0.2) is 5.43 Å². The van der Waals surface area contributed by atoms with Crippen LogP contribution in [0.3, 0.4) is 0 Å². The summed E-state index contributed by atoms with van der Waals surface area (Å²) < 4.78 is 31.2. The molecular formula is C12H9F2NO3. The zero-order valence-electron chi connectivity index (χ0n) is 9.42. The maximum atomic E-state index is 13.5. The van der Waals surface area contributed by atoms with Crippen LogP contribution in [-0.2, 0) is 4.74 Å². The molecule has 18 heavy (non-hydrogen) atoms. The number of hydrogen-bond donors (Lipinski definition) is 1. The van der Waals surface area contributed by atoms with Gasteiger partial charge in [0.25, 0.3) is 0 Å². The second-order valence-corrected chi connectivity index (χ2v) is 3.58. The van der Waals surface area contributed by atoms with Gasteiger partial charge in [0.1, 0.15) is 17.3 Å². The molecule has 0 amide bonds. The third kappa shape index (κ3) is 2.09. The third-order valence-corrected chi connectivity index (χ3v) is 2.35. The molecule has 0 fully saturated rings. The van der Waals surface area contributed by atoms with Gasteiger partial charge in [-0.3, -0.25) is 4.79 Å². The lowest BCUT2D eigenvalue weighted by Crippen LogP contribution is -2.13. The van der Waals surface area contributed by atoms with Gasteiger partial charge in [-0.05, 0) is 13.0 Å². The number of fused-ring (bicyclic) bond motifs is 1. The highest BCUT2D eigenvalue weighted by molar-refractivity contribution is 5.91. The van der Waals surface area contributed by atoms with Crippen LogP contribution in [0.5, 0.6) is 0 Å². The molecule has 4 nitrogen and oxygen atoms in total. The lowest BCUT2D eigenvalue weighted by atomic mass is 10.2. The Morgan fingerprint density at radius 1 is 1.33 bits per heavy atom. The van der Waals surface area contributed by atoms with Crippen molar-refractivity contribution in [1.29, 1.82) is 0 Å². The standard InChI is InChI=1S/C12H9F2NO3/c1-2-18-12(17)9-5-10(16)7-3-6(13)4-8(14)11(7)15-9/h3-5H,2H2,1H3,(H,15,16). The van der Waals surface area contributed by atoms with Gasteiger partial charge in [-0.15, -0.1) is 0 Å². The number of aromatic amines is 1. The van der Waals surface area contributed by atoms with Crippen LogP contribution in [0.4, 0.5) is 8.78 Å². The second-order valence-electron chi connectivity index (χ2n) is 3.58. The normalized spacial score (nSPS) is 10.6. The minimum absolute atomic E-state index is 0.130. The van der Waals surface area contributed by atoms with Gasteiger partial charge in [-0.25, -0.2) is 13.6 Å². The van der Waals surface area contributed by atoms with Crippen molar-refractivity contribution in [2.45, 2.75) is 6.92 Å². The molecule has 0 atom stereocenters. The van der Waals surface area contributed by atoms with E-state index >= 15 is 0 Å². The largest absolute Gasteiger partial charge is 0.461 e. The Balaban J connectivity index is 2.69. The van der Waals surface area contributed by atoms with Crippen LogP contribution in [-0.4, -0.2) is 17.6 Å². The molecule has 0 aliphatic rings. The number of benzene rings is 1. The second kappa shape index (κ2) is 4.56. The van der Waals surface area contributed by atoms with Crippen molar-refractivity contribution < 1.29 is 18.3 Å². The lowest BCUT2D eigenvalue weighted by molar-refractivity contribution is 0.0520. The van der Waals surface area contributed by atoms with Gasteiger partial charge in [-0.2, -0.15) is 0 Å². The Hall–Kier alpha value is -2.24. The summed E-state index contributed by atoms with van der Waals surface area (Å²) >= 11 is 0. The Morgan fingerprint density at radius 2 is 2.06 bits per heavy atom. The van der Waals surface area contributed by atoms with Gasteiger partial charge >= 0.3 is 5.97 Å². The van der Waals surface area contributed by atoms with Gasteiger partial charge in [0.05, 0.1) is 17.5 Å². The van der Waals surface area contributed by atoms with E-state index in [2.05, 4.69) is 9.72 Å². The van der Waals surface area contributed by atoms with Crippen LogP contribution in [0.1, 0.15) is 17.4 Å². The topological polar surface area (TPSA) is 59.2 Å². The Morgan fingerprint density at radius 3 is 2.72 bits per heavy atom. The number of ether oxygens (including phenoxy) is 1. The minimum atomic E-state index is -0.937. The third-order valence-electron chi connectivity index (χ3n) is 2.35. The van der Waals surface area contributed by atoms with Gasteiger partial charge in [0.2, 0.25) is 0 Å². The Kier molecular flexibility index (Phi) is 3.10. The maximum Gasteiger partial charge on any atom is 0.354 e. The fourth-order valence-corrected chi connectivity index (χ4v) is 1.59. The first-order valence-corrected chi connectivity index (χ1v) is 5.22. The highest BCUT2D eigenvalue weighted by atomic mass is 19.1. The Bertz CT molecular complexity index is 679. The molecule has 1 aromatic heterocycles. The predicted octanol–water partition coefficient (Wildman–Crippen LogP) is 1.98. The summed E-state index contributed by atoms with van der Waals surface area (Å²) in [4.78, 5) is 25.5. The zero-order valence-corrected chi connectivity index (χ0v) is 9.42. The molecular weight excluding hydrogens is 244 g/mol. The van der Waals surface area contributed by atoms with E-state index in [1.54, 1.807) is 6.92 Å². The predicted molar refractivity (Wildman–Crippen MR) is 60.4 cm³/mol. The molecule has 1 aromatic carbocycles. The van der Waals surface area contributed by atoms with Crippen molar-refractivity contribution in [3.63, 3.8) is 0 Å². The fraction of sp³-hybridized carbons (Fsp3) is 0.167. The number of carbonyl (C=O) groups excluding carboxylic acids is 1. The summed E-state index contributed by atoms with van der Waals surface area (Å²) in [6.45, 7) is 1.73. The molecule has 0 unspecified atom stereocenters. The number of nitrogens with one attached hydrogen (secondary N) is 1. The lowest BCUT2D eigenvalue weighted by Gasteiger charge is -2.04. The summed E-state index contributed by atoms with van der Waals surface area (Å²) in [7, 11) is 0. The average molecular weight is 253 g/mol. The van der Waals surface area contributed by atoms with Gasteiger partial charge in [-0.1, -0.05) is 0 Å². The van der Waals surface area contributed by atoms with Crippen molar-refractivity contribution in [3.8, 4) is 0 Å². The zero-order chi connectivity index (χ0) is 13.3. The summed E-state index contributed by atoms with van der Waals surface area (Å²) in [5, 5.41) is -0.152. The van der Waals surface area contributed by atoms with Crippen molar-refractivity contribution in [3.05, 3.63) is 45.8 Å². The van der Waals surface area contributed by atoms with Gasteiger partial charge < -0.3 is 9.72 Å². The highest BCUT2D eigenvalue weighted by Crippen LogP contribution is 2.15. The first-order chi connectivity index (χ1) is 8.52. The van der Waals surface area contributed by atoms with Crippen LogP contribution in [0.2, 0.25) is 0 Å². The molecule has 94 valence electrons. The van der Waals surface area contributed by atoms with Crippen molar-refractivity contribution in [2.24, 2.45) is 0 Å². The monoisotopic (exact) mass is 253 g/mol. The van der Waals surface area contributed by atoms with Crippen molar-refractivity contribution in [1.82, 2.24) is 4.98 Å². The summed E-state index contributed by atoms with van der Waals surface area (Å²) in [6, 6.07) is 2.50. The molecule has 0 aliphatic heterocycles. The molecule has 6 heteroatoms. The van der Waals surface area contributed by atoms with Crippen LogP contribution >= 0.6 is 0 Å². The summed E-state index contributed by atoms with van der Waals surface area (Å²) in [6.07, 6.45) is 0. The first kappa shape index (κ1) is 12.2. The molecule has 0 saturated heterocycles. The number of carbonyl (C=O) groups is 1. The van der Waals surface area contributed by atoms with Crippen molar-refractivity contribution in [2.75, 3.05) is 6.61 Å². The number of pyridine rings is 1. The Labute approximate surface area is 100 Å². The van der Waals surface area contributed by atoms with E-state index in [0.717, 1.165) is 12.1 Å². The average Bonchev–Trinajstić information content (AvgIpc) is 2.30. The van der Waals surface area contributed by atoms with E-state index in [1.807, 2.05) is 0 Å². The number of rotatable bonds is 2. The van der Waals surface area contributed by atoms with E-state index in [0.29, 0.717) is 6.07 Å². The molecule has 0 bridgehead atoms. The molecule has 0 spiro atoms. The molecule has 2 rings (SSSR count).